The van der Waals surface area contributed by atoms with Crippen LogP contribution in [0.25, 0.3) is 0 Å². The number of rotatable bonds is 2. The van der Waals surface area contributed by atoms with E-state index in [1.807, 2.05) is 12.1 Å². The molecule has 1 aromatic rings. The van der Waals surface area contributed by atoms with Crippen LogP contribution in [0, 0.1) is 0 Å². The molecular weight excluding hydrogens is 182 g/mol. The molecule has 0 spiro atoms. The van der Waals surface area contributed by atoms with Crippen LogP contribution >= 0.6 is 0 Å². The van der Waals surface area contributed by atoms with Crippen LogP contribution in [0.15, 0.2) is 12.1 Å². The molecule has 12 heavy (non-hydrogen) atoms. The molecule has 0 amide bonds. The lowest BCUT2D eigenvalue weighted by Gasteiger charge is -2.03. The molecule has 1 aromatic carbocycles. The number of carbonyl (C=O) groups excluding carboxylic acids is 2. The fourth-order valence-corrected chi connectivity index (χ4v) is 2.26. The predicted molar refractivity (Wildman–Crippen MR) is 53.6 cm³/mol. The maximum atomic E-state index is 10.5. The highest BCUT2D eigenvalue weighted by atomic mass is 27.1. The van der Waals surface area contributed by atoms with Crippen LogP contribution in [0.4, 0.5) is 0 Å². The minimum atomic E-state index is 0.747. The van der Waals surface area contributed by atoms with E-state index in [9.17, 15) is 9.59 Å². The maximum absolute atomic E-state index is 10.5. The van der Waals surface area contributed by atoms with Gasteiger partial charge in [0, 0.05) is 0 Å². The molecule has 0 fully saturated rings. The molecule has 0 aliphatic rings. The van der Waals surface area contributed by atoms with E-state index < -0.39 is 0 Å². The minimum absolute atomic E-state index is 0.747. The maximum Gasteiger partial charge on any atom is 0.260 e. The Morgan fingerprint density at radius 2 is 1.25 bits per heavy atom. The molecule has 0 aliphatic heterocycles. The van der Waals surface area contributed by atoms with Crippen molar-refractivity contribution in [1.29, 1.82) is 0 Å². The lowest BCUT2D eigenvalue weighted by Crippen LogP contribution is -2.20. The van der Waals surface area contributed by atoms with E-state index >= 15 is 0 Å². The Morgan fingerprint density at radius 1 is 0.917 bits per heavy atom. The van der Waals surface area contributed by atoms with Gasteiger partial charge in [0.2, 0.25) is 0 Å². The Kier molecular flexibility index (Phi) is 3.26. The van der Waals surface area contributed by atoms with E-state index in [1.54, 1.807) is 0 Å². The van der Waals surface area contributed by atoms with Gasteiger partial charge in [-0.2, -0.15) is 0 Å². The zero-order valence-electron chi connectivity index (χ0n) is 7.13. The van der Waals surface area contributed by atoms with Gasteiger partial charge < -0.3 is 0 Å². The first kappa shape index (κ1) is 9.71. The Labute approximate surface area is 86.8 Å². The van der Waals surface area contributed by atoms with Crippen LogP contribution < -0.4 is 8.85 Å². The minimum Gasteiger partial charge on any atom is -0.298 e. The summed E-state index contributed by atoms with van der Waals surface area (Å²) < 4.78 is 2.01. The molecule has 0 saturated carbocycles. The van der Waals surface area contributed by atoms with Gasteiger partial charge in [0.1, 0.15) is 12.6 Å². The predicted octanol–water partition coefficient (Wildman–Crippen LogP) is -2.17. The Balaban J connectivity index is 3.34. The van der Waals surface area contributed by atoms with Crippen molar-refractivity contribution in [3.05, 3.63) is 23.3 Å². The molecule has 0 unspecified atom stereocenters. The van der Waals surface area contributed by atoms with Gasteiger partial charge in [-0.3, -0.25) is 9.59 Å². The van der Waals surface area contributed by atoms with Crippen molar-refractivity contribution in [1.82, 2.24) is 0 Å². The highest BCUT2D eigenvalue weighted by Gasteiger charge is 2.01. The van der Waals surface area contributed by atoms with Crippen molar-refractivity contribution in [2.75, 3.05) is 0 Å². The number of hydrogen-bond acceptors (Lipinski definition) is 2. The van der Waals surface area contributed by atoms with E-state index in [-0.39, 0.29) is 0 Å². The molecule has 58 valence electrons. The average Bonchev–Trinajstić information content (AvgIpc) is 2.08. The second-order valence-corrected chi connectivity index (χ2v) is 4.96. The first-order valence-corrected chi connectivity index (χ1v) is 5.70. The Morgan fingerprint density at radius 3 is 1.50 bits per heavy atom. The highest BCUT2D eigenvalue weighted by Crippen LogP contribution is 1.92. The summed E-state index contributed by atoms with van der Waals surface area (Å²) in [6.07, 6.45) is 1.72. The van der Waals surface area contributed by atoms with E-state index in [0.29, 0.717) is 0 Å². The summed E-state index contributed by atoms with van der Waals surface area (Å²) in [6, 6.07) is 3.65. The van der Waals surface area contributed by atoms with Crippen molar-refractivity contribution in [3.63, 3.8) is 0 Å². The fourth-order valence-electron chi connectivity index (χ4n) is 1.11. The van der Waals surface area contributed by atoms with Gasteiger partial charge in [0.25, 0.3) is 32.6 Å². The van der Waals surface area contributed by atoms with Crippen molar-refractivity contribution in [2.45, 2.75) is 0 Å². The van der Waals surface area contributed by atoms with Crippen LogP contribution in [-0.4, -0.2) is 45.2 Å². The summed E-state index contributed by atoms with van der Waals surface area (Å²) in [4.78, 5) is 21.1. The zero-order valence-corrected chi connectivity index (χ0v) is 11.1. The quantitative estimate of drug-likeness (QED) is 0.393. The van der Waals surface area contributed by atoms with Gasteiger partial charge in [0.05, 0.1) is 0 Å². The Bertz CT molecular complexity index is 300. The summed E-state index contributed by atoms with van der Waals surface area (Å²) in [5.74, 6) is 0. The summed E-state index contributed by atoms with van der Waals surface area (Å²) in [6.45, 7) is 0. The van der Waals surface area contributed by atoms with Gasteiger partial charge in [-0.05, 0) is 11.1 Å². The van der Waals surface area contributed by atoms with Gasteiger partial charge in [-0.1, -0.05) is 12.1 Å². The third kappa shape index (κ3) is 1.86. The van der Waals surface area contributed by atoms with E-state index in [1.165, 1.54) is 0 Å². The molecule has 0 N–H and O–H groups in total. The van der Waals surface area contributed by atoms with Crippen molar-refractivity contribution < 1.29 is 9.59 Å². The molecular formula is C8H8Al2O2. The first-order chi connectivity index (χ1) is 5.69. The molecule has 0 saturated heterocycles. The molecule has 0 atom stereocenters. The number of hydrogen-bond donors (Lipinski definition) is 0. The van der Waals surface area contributed by atoms with Gasteiger partial charge in [-0.25, -0.2) is 0 Å². The van der Waals surface area contributed by atoms with E-state index in [2.05, 4.69) is 0 Å². The third-order valence-electron chi connectivity index (χ3n) is 1.91. The summed E-state index contributed by atoms with van der Waals surface area (Å²) >= 11 is 1.62. The molecule has 0 aromatic heterocycles. The van der Waals surface area contributed by atoms with Crippen LogP contribution in [0.5, 0.6) is 0 Å². The molecule has 0 heterocycles. The first-order valence-electron chi connectivity index (χ1n) is 3.70. The molecule has 2 nitrogen and oxygen atoms in total. The van der Waals surface area contributed by atoms with E-state index in [4.69, 9.17) is 0 Å². The van der Waals surface area contributed by atoms with Gasteiger partial charge in [0.15, 0.2) is 0 Å². The second kappa shape index (κ2) is 4.03. The zero-order chi connectivity index (χ0) is 9.14. The van der Waals surface area contributed by atoms with Crippen molar-refractivity contribution in [3.8, 4) is 0 Å². The largest absolute Gasteiger partial charge is 0.298 e. The normalized spacial score (nSPS) is 9.33. The molecule has 4 heteroatoms. The smallest absolute Gasteiger partial charge is 0.260 e. The number of carbonyl (C=O) groups is 2. The molecule has 0 aliphatic carbocycles. The monoisotopic (exact) mass is 190 g/mol. The third-order valence-corrected chi connectivity index (χ3v) is 3.64. The van der Waals surface area contributed by atoms with Crippen molar-refractivity contribution >= 4 is 54.0 Å². The summed E-state index contributed by atoms with van der Waals surface area (Å²) in [7, 11) is 0. The number of benzene rings is 1. The van der Waals surface area contributed by atoms with Crippen molar-refractivity contribution in [2.24, 2.45) is 0 Å². The Hall–Kier alpha value is -0.375. The molecule has 0 radical (unpaired) electrons. The van der Waals surface area contributed by atoms with E-state index in [0.717, 1.165) is 65.1 Å². The van der Waals surface area contributed by atoms with Crippen LogP contribution in [0.1, 0.15) is 20.7 Å². The standard InChI is InChI=1S/C8H4O2.2Al.4H/c9-5-7-1-2-8(6-10)4-3-7;;;;;;/h1,4-6H;;;;;;. The highest BCUT2D eigenvalue weighted by molar-refractivity contribution is 6.40. The van der Waals surface area contributed by atoms with Crippen LogP contribution in [0.2, 0.25) is 0 Å². The lowest BCUT2D eigenvalue weighted by atomic mass is 10.1. The van der Waals surface area contributed by atoms with Gasteiger partial charge in [-0.15, -0.1) is 8.85 Å². The SMILES string of the molecule is O=Cc1c[c]([AlH2])c(C=O)c[c]1[AlH2]. The lowest BCUT2D eigenvalue weighted by molar-refractivity contribution is 0.111. The topological polar surface area (TPSA) is 34.1 Å². The fraction of sp³-hybridized carbons (Fsp3) is 0. The second-order valence-electron chi connectivity index (χ2n) is 2.80. The number of aldehydes is 2. The summed E-state index contributed by atoms with van der Waals surface area (Å²) in [5, 5.41) is 0. The molecule has 0 bridgehead atoms. The van der Waals surface area contributed by atoms with Crippen LogP contribution in [-0.2, 0) is 0 Å². The average molecular weight is 190 g/mol. The summed E-state index contributed by atoms with van der Waals surface area (Å²) in [5.41, 5.74) is 1.49. The molecule has 1 rings (SSSR count). The van der Waals surface area contributed by atoms with Gasteiger partial charge >= 0.3 is 0 Å². The van der Waals surface area contributed by atoms with Crippen LogP contribution in [0.3, 0.4) is 0 Å².